The predicted molar refractivity (Wildman–Crippen MR) is 86.0 cm³/mol. The van der Waals surface area contributed by atoms with Gasteiger partial charge in [0.05, 0.1) is 0 Å². The van der Waals surface area contributed by atoms with E-state index >= 15 is 0 Å². The average molecular weight is 278 g/mol. The summed E-state index contributed by atoms with van der Waals surface area (Å²) in [6.45, 7) is 6.31. The molecule has 3 rings (SSSR count). The molecule has 20 heavy (non-hydrogen) atoms. The second kappa shape index (κ2) is 5.96. The Morgan fingerprint density at radius 1 is 0.950 bits per heavy atom. The minimum Gasteiger partial charge on any atom is -0.313 e. The van der Waals surface area contributed by atoms with Gasteiger partial charge >= 0.3 is 0 Å². The van der Waals surface area contributed by atoms with Crippen LogP contribution in [-0.2, 0) is 0 Å². The highest BCUT2D eigenvalue weighted by molar-refractivity contribution is 4.92. The molecule has 1 heterocycles. The third-order valence-electron chi connectivity index (χ3n) is 6.72. The fourth-order valence-corrected chi connectivity index (χ4v) is 4.79. The van der Waals surface area contributed by atoms with Crippen LogP contribution in [0.4, 0.5) is 0 Å². The molecule has 2 heteroatoms. The lowest BCUT2D eigenvalue weighted by Crippen LogP contribution is -2.46. The van der Waals surface area contributed by atoms with E-state index in [2.05, 4.69) is 24.2 Å². The van der Waals surface area contributed by atoms with Crippen molar-refractivity contribution in [2.24, 2.45) is 10.8 Å². The van der Waals surface area contributed by atoms with Crippen molar-refractivity contribution in [3.63, 3.8) is 0 Å². The zero-order valence-electron chi connectivity index (χ0n) is 13.7. The molecular weight excluding hydrogens is 244 g/mol. The molecule has 0 unspecified atom stereocenters. The monoisotopic (exact) mass is 278 g/mol. The Morgan fingerprint density at radius 3 is 2.15 bits per heavy atom. The lowest BCUT2D eigenvalue weighted by atomic mass is 9.71. The number of hydrogen-bond acceptors (Lipinski definition) is 2. The van der Waals surface area contributed by atoms with Gasteiger partial charge in [-0.05, 0) is 82.3 Å². The van der Waals surface area contributed by atoms with Gasteiger partial charge < -0.3 is 10.2 Å². The first-order chi connectivity index (χ1) is 9.59. The number of rotatable bonds is 3. The van der Waals surface area contributed by atoms with E-state index in [1.54, 1.807) is 0 Å². The first-order valence-corrected chi connectivity index (χ1v) is 9.01. The minimum absolute atomic E-state index is 0.551. The molecule has 0 aromatic heterocycles. The van der Waals surface area contributed by atoms with Gasteiger partial charge in [0.15, 0.2) is 0 Å². The van der Waals surface area contributed by atoms with Crippen LogP contribution in [0.5, 0.6) is 0 Å². The quantitative estimate of drug-likeness (QED) is 0.844. The Bertz CT molecular complexity index is 301. The second-order valence-electron chi connectivity index (χ2n) is 8.48. The Hall–Kier alpha value is -0.0800. The van der Waals surface area contributed by atoms with Crippen LogP contribution < -0.4 is 5.32 Å². The second-order valence-corrected chi connectivity index (χ2v) is 8.48. The van der Waals surface area contributed by atoms with Gasteiger partial charge in [-0.1, -0.05) is 19.8 Å². The van der Waals surface area contributed by atoms with Crippen molar-refractivity contribution in [2.45, 2.75) is 77.2 Å². The Kier molecular flexibility index (Phi) is 4.42. The summed E-state index contributed by atoms with van der Waals surface area (Å²) in [7, 11) is 2.26. The van der Waals surface area contributed by atoms with Crippen molar-refractivity contribution < 1.29 is 0 Å². The summed E-state index contributed by atoms with van der Waals surface area (Å²) in [5.74, 6) is 0. The summed E-state index contributed by atoms with van der Waals surface area (Å²) in [5, 5.41) is 3.93. The molecule has 0 aromatic rings. The molecule has 0 aromatic carbocycles. The fourth-order valence-electron chi connectivity index (χ4n) is 4.79. The van der Waals surface area contributed by atoms with E-state index in [0.717, 1.165) is 11.5 Å². The number of nitrogens with one attached hydrogen (secondary N) is 1. The molecule has 1 spiro atoms. The summed E-state index contributed by atoms with van der Waals surface area (Å²) >= 11 is 0. The van der Waals surface area contributed by atoms with Crippen LogP contribution in [0.15, 0.2) is 0 Å². The molecule has 2 aliphatic carbocycles. The largest absolute Gasteiger partial charge is 0.313 e. The molecule has 1 saturated heterocycles. The third-order valence-corrected chi connectivity index (χ3v) is 6.72. The van der Waals surface area contributed by atoms with Crippen molar-refractivity contribution in [2.75, 3.05) is 26.7 Å². The Morgan fingerprint density at radius 2 is 1.55 bits per heavy atom. The van der Waals surface area contributed by atoms with E-state index in [4.69, 9.17) is 0 Å². The Balaban J connectivity index is 1.41. The van der Waals surface area contributed by atoms with E-state index in [1.165, 1.54) is 83.8 Å². The fraction of sp³-hybridized carbons (Fsp3) is 1.00. The molecule has 116 valence electrons. The molecule has 0 bridgehead atoms. The van der Waals surface area contributed by atoms with Crippen molar-refractivity contribution >= 4 is 0 Å². The van der Waals surface area contributed by atoms with Gasteiger partial charge in [0.2, 0.25) is 0 Å². The number of piperidine rings is 1. The third kappa shape index (κ3) is 3.39. The molecular formula is C18H34N2. The maximum absolute atomic E-state index is 3.93. The SMILES string of the molecule is CN1CCC(C)(CNC2CCC3(CCCC3)CC2)CC1. The molecule has 3 fully saturated rings. The molecule has 2 nitrogen and oxygen atoms in total. The lowest BCUT2D eigenvalue weighted by Gasteiger charge is -2.41. The zero-order valence-corrected chi connectivity index (χ0v) is 13.7. The maximum Gasteiger partial charge on any atom is 0.00677 e. The topological polar surface area (TPSA) is 15.3 Å². The summed E-state index contributed by atoms with van der Waals surface area (Å²) in [6, 6.07) is 0.817. The van der Waals surface area contributed by atoms with Gasteiger partial charge in [0.1, 0.15) is 0 Å². The van der Waals surface area contributed by atoms with Crippen molar-refractivity contribution in [1.82, 2.24) is 10.2 Å². The molecule has 1 aliphatic heterocycles. The maximum atomic E-state index is 3.93. The molecule has 1 N–H and O–H groups in total. The van der Waals surface area contributed by atoms with Crippen molar-refractivity contribution in [3.8, 4) is 0 Å². The van der Waals surface area contributed by atoms with E-state index in [-0.39, 0.29) is 0 Å². The first kappa shape index (κ1) is 14.8. The van der Waals surface area contributed by atoms with E-state index < -0.39 is 0 Å². The summed E-state index contributed by atoms with van der Waals surface area (Å²) in [5.41, 5.74) is 1.34. The smallest absolute Gasteiger partial charge is 0.00677 e. The van der Waals surface area contributed by atoms with Crippen LogP contribution in [0.1, 0.15) is 71.1 Å². The number of hydrogen-bond donors (Lipinski definition) is 1. The minimum atomic E-state index is 0.551. The van der Waals surface area contributed by atoms with Crippen molar-refractivity contribution in [1.29, 1.82) is 0 Å². The van der Waals surface area contributed by atoms with Crippen LogP contribution in [-0.4, -0.2) is 37.6 Å². The van der Waals surface area contributed by atoms with Gasteiger partial charge in [-0.3, -0.25) is 0 Å². The van der Waals surface area contributed by atoms with E-state index in [0.29, 0.717) is 5.41 Å². The highest BCUT2D eigenvalue weighted by atomic mass is 15.1. The highest BCUT2D eigenvalue weighted by Crippen LogP contribution is 2.48. The molecule has 0 atom stereocenters. The van der Waals surface area contributed by atoms with Crippen LogP contribution in [0.25, 0.3) is 0 Å². The molecule has 0 amide bonds. The van der Waals surface area contributed by atoms with Crippen LogP contribution in [0, 0.1) is 10.8 Å². The lowest BCUT2D eigenvalue weighted by molar-refractivity contribution is 0.119. The molecule has 0 radical (unpaired) electrons. The van der Waals surface area contributed by atoms with Gasteiger partial charge in [0, 0.05) is 12.6 Å². The van der Waals surface area contributed by atoms with Gasteiger partial charge in [-0.25, -0.2) is 0 Å². The highest BCUT2D eigenvalue weighted by Gasteiger charge is 2.38. The molecule has 2 saturated carbocycles. The van der Waals surface area contributed by atoms with E-state index in [9.17, 15) is 0 Å². The molecule has 3 aliphatic rings. The van der Waals surface area contributed by atoms with Crippen molar-refractivity contribution in [3.05, 3.63) is 0 Å². The normalized spacial score (nSPS) is 30.9. The predicted octanol–water partition coefficient (Wildman–Crippen LogP) is 3.81. The summed E-state index contributed by atoms with van der Waals surface area (Å²) < 4.78 is 0. The number of likely N-dealkylation sites (tertiary alicyclic amines) is 1. The van der Waals surface area contributed by atoms with Crippen LogP contribution in [0.2, 0.25) is 0 Å². The first-order valence-electron chi connectivity index (χ1n) is 9.01. The van der Waals surface area contributed by atoms with Crippen LogP contribution >= 0.6 is 0 Å². The van der Waals surface area contributed by atoms with Gasteiger partial charge in [-0.15, -0.1) is 0 Å². The Labute approximate surface area is 125 Å². The van der Waals surface area contributed by atoms with E-state index in [1.807, 2.05) is 0 Å². The van der Waals surface area contributed by atoms with Crippen LogP contribution in [0.3, 0.4) is 0 Å². The summed E-state index contributed by atoms with van der Waals surface area (Å²) in [6.07, 6.45) is 14.7. The van der Waals surface area contributed by atoms with Gasteiger partial charge in [-0.2, -0.15) is 0 Å². The average Bonchev–Trinajstić information content (AvgIpc) is 2.91. The van der Waals surface area contributed by atoms with Gasteiger partial charge in [0.25, 0.3) is 0 Å². The summed E-state index contributed by atoms with van der Waals surface area (Å²) in [4.78, 5) is 2.48. The standard InChI is InChI=1S/C18H34N2/c1-17(11-13-20(2)14-12-17)15-19-16-5-9-18(10-6-16)7-3-4-8-18/h16,19H,3-15H2,1-2H3. The number of nitrogens with zero attached hydrogens (tertiary/aromatic N) is 1. The zero-order chi connectivity index (χ0) is 14.1.